The van der Waals surface area contributed by atoms with Crippen molar-refractivity contribution in [2.75, 3.05) is 67.6 Å². The Morgan fingerprint density at radius 1 is 1.00 bits per heavy atom. The van der Waals surface area contributed by atoms with Crippen LogP contribution in [0.25, 0.3) is 10.9 Å². The SMILES string of the molecule is CNC(=O)N1CC23COCC2(C1)CN(C(=O)[C@@H]1CC=CC2=C4C(=C4C(=O)NS(=O)(=O)N(C)C)Cn4c(cc5c(OC)ccc(C6CCCCC6)c54)[C@H]21)C3. The lowest BCUT2D eigenvalue weighted by Crippen LogP contribution is -2.45. The van der Waals surface area contributed by atoms with Crippen molar-refractivity contribution < 1.29 is 32.3 Å². The van der Waals surface area contributed by atoms with E-state index in [0.717, 1.165) is 56.2 Å². The Hall–Kier alpha value is -4.14. The van der Waals surface area contributed by atoms with Gasteiger partial charge in [0, 0.05) is 81.7 Å². The molecule has 3 aliphatic carbocycles. The van der Waals surface area contributed by atoms with Crippen LogP contribution in [0.1, 0.15) is 61.6 Å². The molecule has 2 aromatic rings. The Kier molecular flexibility index (Phi) is 7.96. The fourth-order valence-corrected chi connectivity index (χ4v) is 11.3. The monoisotopic (exact) mass is 744 g/mol. The van der Waals surface area contributed by atoms with E-state index in [1.54, 1.807) is 14.2 Å². The molecule has 5 heterocycles. The van der Waals surface area contributed by atoms with Gasteiger partial charge in [-0.05, 0) is 59.6 Å². The molecule has 4 amide bonds. The third kappa shape index (κ3) is 5.07. The first-order valence-corrected chi connectivity index (χ1v) is 20.3. The van der Waals surface area contributed by atoms with E-state index in [-0.39, 0.29) is 28.7 Å². The Balaban J connectivity index is 1.15. The third-order valence-electron chi connectivity index (χ3n) is 13.4. The molecule has 1 saturated carbocycles. The van der Waals surface area contributed by atoms with Gasteiger partial charge in [-0.15, -0.1) is 0 Å². The average molecular weight is 745 g/mol. The van der Waals surface area contributed by atoms with Gasteiger partial charge in [0.2, 0.25) is 5.91 Å². The molecule has 2 N–H and O–H groups in total. The summed E-state index contributed by atoms with van der Waals surface area (Å²) in [6.07, 6.45) is 10.4. The molecular formula is C39H48N6O7S. The molecule has 7 aliphatic rings. The van der Waals surface area contributed by atoms with Crippen molar-refractivity contribution in [3.63, 3.8) is 0 Å². The predicted octanol–water partition coefficient (Wildman–Crippen LogP) is 3.40. The summed E-state index contributed by atoms with van der Waals surface area (Å²) in [5, 5.41) is 3.76. The minimum Gasteiger partial charge on any atom is -0.496 e. The molecular weight excluding hydrogens is 697 g/mol. The zero-order valence-corrected chi connectivity index (χ0v) is 31.7. The van der Waals surface area contributed by atoms with E-state index < -0.39 is 22.0 Å². The van der Waals surface area contributed by atoms with Crippen LogP contribution in [0.3, 0.4) is 0 Å². The highest BCUT2D eigenvalue weighted by Crippen LogP contribution is 2.58. The number of hydrogen-bond donors (Lipinski definition) is 2. The summed E-state index contributed by atoms with van der Waals surface area (Å²) >= 11 is 0. The van der Waals surface area contributed by atoms with Crippen molar-refractivity contribution >= 4 is 39.0 Å². The van der Waals surface area contributed by atoms with Crippen LogP contribution in [0.5, 0.6) is 5.75 Å². The molecule has 4 fully saturated rings. The predicted molar refractivity (Wildman–Crippen MR) is 197 cm³/mol. The van der Waals surface area contributed by atoms with Crippen LogP contribution >= 0.6 is 0 Å². The average Bonchev–Trinajstić information content (AvgIpc) is 3.30. The van der Waals surface area contributed by atoms with E-state index in [1.165, 1.54) is 38.9 Å². The van der Waals surface area contributed by atoms with Gasteiger partial charge in [-0.1, -0.05) is 37.5 Å². The smallest absolute Gasteiger partial charge is 0.317 e. The van der Waals surface area contributed by atoms with Crippen molar-refractivity contribution in [1.29, 1.82) is 0 Å². The van der Waals surface area contributed by atoms with Crippen molar-refractivity contribution in [2.24, 2.45) is 16.7 Å². The van der Waals surface area contributed by atoms with Crippen LogP contribution in [0.4, 0.5) is 4.79 Å². The minimum atomic E-state index is -4.02. The van der Waals surface area contributed by atoms with E-state index in [1.807, 2.05) is 22.0 Å². The fourth-order valence-electron chi connectivity index (χ4n) is 10.7. The number of likely N-dealkylation sites (tertiary alicyclic amines) is 2. The van der Waals surface area contributed by atoms with Crippen molar-refractivity contribution in [2.45, 2.75) is 56.9 Å². The molecule has 1 aromatic heterocycles. The van der Waals surface area contributed by atoms with Crippen LogP contribution in [-0.4, -0.2) is 113 Å². The largest absolute Gasteiger partial charge is 0.496 e. The van der Waals surface area contributed by atoms with Crippen LogP contribution < -0.4 is 14.8 Å². The second kappa shape index (κ2) is 12.2. The van der Waals surface area contributed by atoms with Gasteiger partial charge in [-0.25, -0.2) is 9.52 Å². The maximum atomic E-state index is 15.1. The number of fused-ring (bicyclic) bond motifs is 6. The number of carbonyl (C=O) groups is 3. The summed E-state index contributed by atoms with van der Waals surface area (Å²) in [4.78, 5) is 45.4. The van der Waals surface area contributed by atoms with Crippen molar-refractivity contribution in [3.8, 4) is 5.75 Å². The minimum absolute atomic E-state index is 0.0561. The van der Waals surface area contributed by atoms with Gasteiger partial charge in [0.15, 0.2) is 0 Å². The number of nitrogens with one attached hydrogen (secondary N) is 2. The van der Waals surface area contributed by atoms with Gasteiger partial charge in [0.25, 0.3) is 5.91 Å². The Morgan fingerprint density at radius 3 is 2.36 bits per heavy atom. The summed E-state index contributed by atoms with van der Waals surface area (Å²) in [5.74, 6) is -0.274. The van der Waals surface area contributed by atoms with E-state index in [9.17, 15) is 18.0 Å². The quantitative estimate of drug-likeness (QED) is 0.462. The summed E-state index contributed by atoms with van der Waals surface area (Å²) in [6, 6.07) is 6.35. The number of amides is 4. The first kappa shape index (κ1) is 34.6. The molecule has 0 spiro atoms. The third-order valence-corrected chi connectivity index (χ3v) is 14.8. The number of nitrogens with zero attached hydrogens (tertiary/aromatic N) is 4. The van der Waals surface area contributed by atoms with Gasteiger partial charge >= 0.3 is 16.2 Å². The summed E-state index contributed by atoms with van der Waals surface area (Å²) in [5.41, 5.74) is 5.52. The molecule has 53 heavy (non-hydrogen) atoms. The number of hydrogen-bond acceptors (Lipinski definition) is 7. The normalized spacial score (nSPS) is 29.2. The van der Waals surface area contributed by atoms with Crippen LogP contribution in [0.2, 0.25) is 0 Å². The zero-order chi connectivity index (χ0) is 37.0. The topological polar surface area (TPSA) is 143 Å². The number of rotatable bonds is 6. The lowest BCUT2D eigenvalue weighted by molar-refractivity contribution is -0.136. The van der Waals surface area contributed by atoms with Crippen LogP contribution in [0, 0.1) is 16.7 Å². The molecule has 14 heteroatoms. The van der Waals surface area contributed by atoms with Gasteiger partial charge < -0.3 is 29.2 Å². The molecule has 1 aromatic carbocycles. The molecule has 9 rings (SSSR count). The maximum absolute atomic E-state index is 15.1. The highest BCUT2D eigenvalue weighted by molar-refractivity contribution is 7.87. The number of methoxy groups -OCH3 is 1. The summed E-state index contributed by atoms with van der Waals surface area (Å²) in [6.45, 7) is 3.52. The van der Waals surface area contributed by atoms with Crippen LogP contribution in [0.15, 0.2) is 52.6 Å². The summed E-state index contributed by atoms with van der Waals surface area (Å²) < 4.78 is 43.2. The Bertz CT molecular complexity index is 2140. The van der Waals surface area contributed by atoms with E-state index in [2.05, 4.69) is 32.8 Å². The highest BCUT2D eigenvalue weighted by Gasteiger charge is 2.68. The first-order valence-electron chi connectivity index (χ1n) is 18.8. The number of carbonyl (C=O) groups excluding carboxylic acids is 3. The lowest BCUT2D eigenvalue weighted by Gasteiger charge is -2.35. The molecule has 0 radical (unpaired) electrons. The molecule has 3 saturated heterocycles. The van der Waals surface area contributed by atoms with Gasteiger partial charge in [-0.2, -0.15) is 12.7 Å². The van der Waals surface area contributed by atoms with Gasteiger partial charge in [0.1, 0.15) is 5.75 Å². The second-order valence-electron chi connectivity index (χ2n) is 16.4. The molecule has 13 nitrogen and oxygen atoms in total. The Morgan fingerprint density at radius 2 is 1.70 bits per heavy atom. The van der Waals surface area contributed by atoms with Gasteiger partial charge in [0.05, 0.1) is 37.3 Å². The van der Waals surface area contributed by atoms with E-state index in [4.69, 9.17) is 9.47 Å². The standard InChI is InChI=1S/C39H48N6O7S/c1-40-37(48)44-19-38-17-43(18-39(38,20-44)22-52-21-38)36(47)26-12-8-11-25-31(26)29-15-27-30(51-4)14-13-24(23-9-6-5-7-10-23)34(27)45(29)16-28-32(25)33(28)35(46)41-53(49,50)42(2)3/h8,11,13-15,23,26,31H,5-7,9-10,12,16-22H2,1-4H3,(H,40,48)(H,41,46)/t26-,31-,38?,39?/m1/s1. The van der Waals surface area contributed by atoms with Crippen molar-refractivity contribution in [1.82, 2.24) is 28.7 Å². The molecule has 282 valence electrons. The van der Waals surface area contributed by atoms with Crippen molar-refractivity contribution in [3.05, 3.63) is 63.9 Å². The molecule has 2 unspecified atom stereocenters. The second-order valence-corrected chi connectivity index (χ2v) is 18.3. The Labute approximate surface area is 310 Å². The number of allylic oxidation sites excluding steroid dienone is 4. The molecule has 0 bridgehead atoms. The lowest BCUT2D eigenvalue weighted by atomic mass is 9.71. The fraction of sp³-hybridized carbons (Fsp3) is 0.564. The van der Waals surface area contributed by atoms with Gasteiger partial charge in [-0.3, -0.25) is 9.59 Å². The molecule has 4 aliphatic heterocycles. The highest BCUT2D eigenvalue weighted by atomic mass is 32.2. The number of ether oxygens (including phenoxy) is 2. The summed E-state index contributed by atoms with van der Waals surface area (Å²) in [7, 11) is 2.08. The van der Waals surface area contributed by atoms with E-state index in [0.29, 0.717) is 63.8 Å². The number of aromatic nitrogens is 1. The number of benzene rings is 1. The maximum Gasteiger partial charge on any atom is 0.317 e. The van der Waals surface area contributed by atoms with E-state index >= 15 is 4.79 Å². The zero-order valence-electron chi connectivity index (χ0n) is 30.9. The first-order chi connectivity index (χ1) is 25.4. The van der Waals surface area contributed by atoms with Crippen LogP contribution in [-0.2, 0) is 31.1 Å². The number of urea groups is 1. The molecule has 4 atom stereocenters.